The van der Waals surface area contributed by atoms with E-state index in [1.807, 2.05) is 25.1 Å². The van der Waals surface area contributed by atoms with E-state index in [9.17, 15) is 4.79 Å². The molecule has 2 heterocycles. The van der Waals surface area contributed by atoms with E-state index in [1.54, 1.807) is 16.8 Å². The summed E-state index contributed by atoms with van der Waals surface area (Å²) in [5.74, 6) is -0.163. The molecule has 0 radical (unpaired) electrons. The summed E-state index contributed by atoms with van der Waals surface area (Å²) in [7, 11) is 0. The van der Waals surface area contributed by atoms with Crippen molar-refractivity contribution in [3.8, 4) is 5.69 Å². The van der Waals surface area contributed by atoms with Crippen molar-refractivity contribution in [1.29, 1.82) is 0 Å². The number of amides is 1. The number of hydrogen-bond acceptors (Lipinski definition) is 4. The Morgan fingerprint density at radius 3 is 2.48 bits per heavy atom. The van der Waals surface area contributed by atoms with Crippen molar-refractivity contribution in [3.05, 3.63) is 76.6 Å². The number of piperidine rings is 1. The van der Waals surface area contributed by atoms with Crippen molar-refractivity contribution in [3.63, 3.8) is 0 Å². The van der Waals surface area contributed by atoms with Crippen LogP contribution in [0.2, 0.25) is 5.02 Å². The quantitative estimate of drug-likeness (QED) is 0.699. The lowest BCUT2D eigenvalue weighted by atomic mass is 10.0. The van der Waals surface area contributed by atoms with Crippen molar-refractivity contribution in [2.24, 2.45) is 0 Å². The van der Waals surface area contributed by atoms with Crippen LogP contribution < -0.4 is 5.32 Å². The Morgan fingerprint density at radius 2 is 1.79 bits per heavy atom. The molecule has 29 heavy (non-hydrogen) atoms. The van der Waals surface area contributed by atoms with Crippen LogP contribution in [0.3, 0.4) is 0 Å². The number of rotatable bonds is 5. The lowest BCUT2D eigenvalue weighted by Crippen LogP contribution is -2.44. The summed E-state index contributed by atoms with van der Waals surface area (Å²) in [5.41, 5.74) is 3.23. The SMILES string of the molecule is Cc1c(C(=O)NC2CCN(Cc3ccccc3)CC2)nnn1-c1ccc(Cl)cc1. The lowest BCUT2D eigenvalue weighted by molar-refractivity contribution is 0.0903. The van der Waals surface area contributed by atoms with E-state index in [-0.39, 0.29) is 11.9 Å². The van der Waals surface area contributed by atoms with Gasteiger partial charge in [-0.1, -0.05) is 47.1 Å². The summed E-state index contributed by atoms with van der Waals surface area (Å²) in [6.07, 6.45) is 1.87. The van der Waals surface area contributed by atoms with E-state index in [0.29, 0.717) is 16.4 Å². The summed E-state index contributed by atoms with van der Waals surface area (Å²) in [4.78, 5) is 15.2. The third kappa shape index (κ3) is 4.66. The molecule has 1 aromatic heterocycles. The third-order valence-electron chi connectivity index (χ3n) is 5.35. The molecule has 1 saturated heterocycles. The van der Waals surface area contributed by atoms with Gasteiger partial charge in [-0.25, -0.2) is 4.68 Å². The molecule has 150 valence electrons. The predicted octanol–water partition coefficient (Wildman–Crippen LogP) is 3.62. The average molecular weight is 410 g/mol. The van der Waals surface area contributed by atoms with Gasteiger partial charge in [0.1, 0.15) is 0 Å². The van der Waals surface area contributed by atoms with Crippen LogP contribution in [0.5, 0.6) is 0 Å². The zero-order valence-corrected chi connectivity index (χ0v) is 17.1. The molecule has 6 nitrogen and oxygen atoms in total. The molecule has 0 spiro atoms. The molecule has 1 aliphatic heterocycles. The van der Waals surface area contributed by atoms with Crippen LogP contribution >= 0.6 is 11.6 Å². The molecule has 0 unspecified atom stereocenters. The Balaban J connectivity index is 1.34. The number of carbonyl (C=O) groups excluding carboxylic acids is 1. The number of benzene rings is 2. The maximum atomic E-state index is 12.7. The predicted molar refractivity (Wildman–Crippen MR) is 113 cm³/mol. The molecule has 1 fully saturated rings. The fraction of sp³-hybridized carbons (Fsp3) is 0.318. The van der Waals surface area contributed by atoms with E-state index in [1.165, 1.54) is 5.56 Å². The van der Waals surface area contributed by atoms with Crippen molar-refractivity contribution in [2.45, 2.75) is 32.4 Å². The van der Waals surface area contributed by atoms with Crippen LogP contribution in [-0.4, -0.2) is 44.9 Å². The number of likely N-dealkylation sites (tertiary alicyclic amines) is 1. The van der Waals surface area contributed by atoms with Crippen LogP contribution in [0.4, 0.5) is 0 Å². The Kier molecular flexibility index (Phi) is 5.92. The van der Waals surface area contributed by atoms with Crippen molar-refractivity contribution in [2.75, 3.05) is 13.1 Å². The normalized spacial score (nSPS) is 15.4. The van der Waals surface area contributed by atoms with E-state index in [2.05, 4.69) is 44.8 Å². The van der Waals surface area contributed by atoms with Gasteiger partial charge < -0.3 is 5.32 Å². The van der Waals surface area contributed by atoms with E-state index < -0.39 is 0 Å². The topological polar surface area (TPSA) is 63.1 Å². The zero-order chi connectivity index (χ0) is 20.2. The minimum Gasteiger partial charge on any atom is -0.348 e. The van der Waals surface area contributed by atoms with Gasteiger partial charge in [0.05, 0.1) is 11.4 Å². The van der Waals surface area contributed by atoms with Crippen LogP contribution in [0.25, 0.3) is 5.69 Å². The molecule has 1 aliphatic rings. The molecule has 0 atom stereocenters. The Bertz CT molecular complexity index is 963. The molecule has 0 saturated carbocycles. The number of halogens is 1. The first kappa shape index (κ1) is 19.6. The number of carbonyl (C=O) groups is 1. The summed E-state index contributed by atoms with van der Waals surface area (Å²) in [5, 5.41) is 12.0. The second-order valence-corrected chi connectivity index (χ2v) is 7.86. The van der Waals surface area contributed by atoms with E-state index >= 15 is 0 Å². The van der Waals surface area contributed by atoms with Gasteiger partial charge in [-0.05, 0) is 49.6 Å². The molecular formula is C22H24ClN5O. The maximum absolute atomic E-state index is 12.7. The van der Waals surface area contributed by atoms with Crippen molar-refractivity contribution < 1.29 is 4.79 Å². The minimum atomic E-state index is -0.163. The molecule has 0 bridgehead atoms. The molecule has 2 aromatic carbocycles. The molecule has 7 heteroatoms. The highest BCUT2D eigenvalue weighted by atomic mass is 35.5. The standard InChI is InChI=1S/C22H24ClN5O/c1-16-21(25-26-28(16)20-9-7-18(23)8-10-20)22(29)24-19-11-13-27(14-12-19)15-17-5-3-2-4-6-17/h2-10,19H,11-15H2,1H3,(H,24,29). The van der Waals surface area contributed by atoms with E-state index in [0.717, 1.165) is 38.2 Å². The van der Waals surface area contributed by atoms with Gasteiger partial charge in [0.2, 0.25) is 0 Å². The second kappa shape index (κ2) is 8.76. The highest BCUT2D eigenvalue weighted by Crippen LogP contribution is 2.17. The Labute approximate surface area is 175 Å². The van der Waals surface area contributed by atoms with Gasteiger partial charge in [0, 0.05) is 30.7 Å². The minimum absolute atomic E-state index is 0.162. The fourth-order valence-corrected chi connectivity index (χ4v) is 3.82. The average Bonchev–Trinajstić information content (AvgIpc) is 3.12. The first-order chi connectivity index (χ1) is 14.1. The highest BCUT2D eigenvalue weighted by Gasteiger charge is 2.24. The Hall–Kier alpha value is -2.70. The maximum Gasteiger partial charge on any atom is 0.273 e. The Morgan fingerprint density at radius 1 is 1.10 bits per heavy atom. The first-order valence-corrected chi connectivity index (χ1v) is 10.2. The number of nitrogens with zero attached hydrogens (tertiary/aromatic N) is 4. The highest BCUT2D eigenvalue weighted by molar-refractivity contribution is 6.30. The molecule has 4 rings (SSSR count). The van der Waals surface area contributed by atoms with Crippen molar-refractivity contribution >= 4 is 17.5 Å². The molecule has 0 aliphatic carbocycles. The number of aromatic nitrogens is 3. The van der Waals surface area contributed by atoms with Gasteiger partial charge in [-0.15, -0.1) is 5.10 Å². The summed E-state index contributed by atoms with van der Waals surface area (Å²) >= 11 is 5.95. The molecular weight excluding hydrogens is 386 g/mol. The van der Waals surface area contributed by atoms with Gasteiger partial charge >= 0.3 is 0 Å². The lowest BCUT2D eigenvalue weighted by Gasteiger charge is -2.32. The van der Waals surface area contributed by atoms with Gasteiger partial charge in [-0.3, -0.25) is 9.69 Å². The smallest absolute Gasteiger partial charge is 0.273 e. The molecule has 1 N–H and O–H groups in total. The van der Waals surface area contributed by atoms with Gasteiger partial charge in [0.25, 0.3) is 5.91 Å². The van der Waals surface area contributed by atoms with Crippen LogP contribution in [-0.2, 0) is 6.54 Å². The van der Waals surface area contributed by atoms with E-state index in [4.69, 9.17) is 11.6 Å². The van der Waals surface area contributed by atoms with Crippen LogP contribution in [0.1, 0.15) is 34.6 Å². The second-order valence-electron chi connectivity index (χ2n) is 7.42. The molecule has 1 amide bonds. The monoisotopic (exact) mass is 409 g/mol. The fourth-order valence-electron chi connectivity index (χ4n) is 3.70. The summed E-state index contributed by atoms with van der Waals surface area (Å²) in [6.45, 7) is 4.74. The largest absolute Gasteiger partial charge is 0.348 e. The number of nitrogens with one attached hydrogen (secondary N) is 1. The molecule has 3 aromatic rings. The van der Waals surface area contributed by atoms with Crippen LogP contribution in [0, 0.1) is 6.92 Å². The van der Waals surface area contributed by atoms with Crippen LogP contribution in [0.15, 0.2) is 54.6 Å². The van der Waals surface area contributed by atoms with Gasteiger partial charge in [0.15, 0.2) is 5.69 Å². The van der Waals surface area contributed by atoms with Crippen molar-refractivity contribution in [1.82, 2.24) is 25.2 Å². The third-order valence-corrected chi connectivity index (χ3v) is 5.60. The first-order valence-electron chi connectivity index (χ1n) is 9.85. The summed E-state index contributed by atoms with van der Waals surface area (Å²) in [6, 6.07) is 17.9. The zero-order valence-electron chi connectivity index (χ0n) is 16.4. The van der Waals surface area contributed by atoms with Gasteiger partial charge in [-0.2, -0.15) is 0 Å². The number of hydrogen-bond donors (Lipinski definition) is 1. The summed E-state index contributed by atoms with van der Waals surface area (Å²) < 4.78 is 1.66.